The number of carbonyl (C=O) groups is 3. The van der Waals surface area contributed by atoms with Crippen LogP contribution in [0.15, 0.2) is 42.5 Å². The molecule has 2 aromatic carbocycles. The zero-order valence-corrected chi connectivity index (χ0v) is 17.4. The molecule has 1 aliphatic heterocycles. The van der Waals surface area contributed by atoms with Gasteiger partial charge in [-0.1, -0.05) is 12.1 Å². The van der Waals surface area contributed by atoms with Crippen LogP contribution in [0.25, 0.3) is 0 Å². The van der Waals surface area contributed by atoms with E-state index in [9.17, 15) is 14.4 Å². The highest BCUT2D eigenvalue weighted by molar-refractivity contribution is 14.1. The molecular weight excluding hydrogens is 477 g/mol. The molecule has 0 saturated carbocycles. The van der Waals surface area contributed by atoms with Gasteiger partial charge in [0.1, 0.15) is 0 Å². The number of benzene rings is 2. The summed E-state index contributed by atoms with van der Waals surface area (Å²) >= 11 is 7.38. The maximum absolute atomic E-state index is 12.3. The molecule has 0 fully saturated rings. The standard InChI is InChI=1S/C19H16IN3O3S/c1-11-10-12(20)6-7-15(11)21-19(27)22-16(24)8-9-23-17(25)13-4-2-3-5-14(13)18(23)26/h2-7,10H,8-9H2,1H3,(H2,21,22,24,27). The van der Waals surface area contributed by atoms with Gasteiger partial charge in [0.05, 0.1) is 11.1 Å². The molecule has 138 valence electrons. The molecule has 0 aromatic heterocycles. The first kappa shape index (κ1) is 19.4. The Bertz CT molecular complexity index is 926. The molecule has 1 heterocycles. The lowest BCUT2D eigenvalue weighted by atomic mass is 10.1. The maximum Gasteiger partial charge on any atom is 0.261 e. The van der Waals surface area contributed by atoms with Gasteiger partial charge < -0.3 is 10.6 Å². The van der Waals surface area contributed by atoms with Crippen molar-refractivity contribution in [1.29, 1.82) is 0 Å². The number of imide groups is 1. The number of amides is 3. The van der Waals surface area contributed by atoms with Gasteiger partial charge in [-0.3, -0.25) is 19.3 Å². The smallest absolute Gasteiger partial charge is 0.261 e. The highest BCUT2D eigenvalue weighted by Gasteiger charge is 2.34. The van der Waals surface area contributed by atoms with E-state index in [0.29, 0.717) is 11.1 Å². The lowest BCUT2D eigenvalue weighted by molar-refractivity contribution is -0.119. The normalized spacial score (nSPS) is 12.7. The minimum absolute atomic E-state index is 0.00333. The van der Waals surface area contributed by atoms with E-state index in [2.05, 4.69) is 33.2 Å². The highest BCUT2D eigenvalue weighted by Crippen LogP contribution is 2.22. The van der Waals surface area contributed by atoms with Crippen molar-refractivity contribution >= 4 is 63.3 Å². The number of fused-ring (bicyclic) bond motifs is 1. The Hall–Kier alpha value is -2.33. The van der Waals surface area contributed by atoms with Crippen LogP contribution in [0.5, 0.6) is 0 Å². The van der Waals surface area contributed by atoms with Crippen LogP contribution in [0.2, 0.25) is 0 Å². The summed E-state index contributed by atoms with van der Waals surface area (Å²) in [6.45, 7) is 1.94. The summed E-state index contributed by atoms with van der Waals surface area (Å²) in [5, 5.41) is 5.72. The predicted molar refractivity (Wildman–Crippen MR) is 115 cm³/mol. The van der Waals surface area contributed by atoms with Crippen molar-refractivity contribution in [1.82, 2.24) is 10.2 Å². The van der Waals surface area contributed by atoms with Gasteiger partial charge in [0, 0.05) is 22.2 Å². The fourth-order valence-corrected chi connectivity index (χ4v) is 3.64. The summed E-state index contributed by atoms with van der Waals surface area (Å²) in [6.07, 6.45) is -0.0288. The van der Waals surface area contributed by atoms with Crippen LogP contribution in [0.4, 0.5) is 5.69 Å². The molecule has 8 heteroatoms. The number of nitrogens with zero attached hydrogens (tertiary/aromatic N) is 1. The Morgan fingerprint density at radius 1 is 1.11 bits per heavy atom. The Kier molecular flexibility index (Phi) is 5.85. The zero-order chi connectivity index (χ0) is 19.6. The number of aryl methyl sites for hydroxylation is 1. The first-order valence-electron chi connectivity index (χ1n) is 8.19. The molecule has 0 bridgehead atoms. The van der Waals surface area contributed by atoms with E-state index in [0.717, 1.165) is 19.7 Å². The monoisotopic (exact) mass is 493 g/mol. The number of carbonyl (C=O) groups excluding carboxylic acids is 3. The number of anilines is 1. The molecule has 0 saturated heterocycles. The lowest BCUT2D eigenvalue weighted by Crippen LogP contribution is -2.38. The minimum Gasteiger partial charge on any atom is -0.332 e. The molecule has 0 spiro atoms. The average Bonchev–Trinajstić information content (AvgIpc) is 2.87. The molecule has 2 N–H and O–H groups in total. The third-order valence-electron chi connectivity index (χ3n) is 4.13. The van der Waals surface area contributed by atoms with Crippen LogP contribution >= 0.6 is 34.8 Å². The summed E-state index contributed by atoms with van der Waals surface area (Å²) < 4.78 is 1.10. The topological polar surface area (TPSA) is 78.5 Å². The van der Waals surface area contributed by atoms with E-state index in [-0.39, 0.29) is 35.8 Å². The Morgan fingerprint density at radius 2 is 1.74 bits per heavy atom. The fourth-order valence-electron chi connectivity index (χ4n) is 2.77. The van der Waals surface area contributed by atoms with Crippen LogP contribution in [0, 0.1) is 10.5 Å². The van der Waals surface area contributed by atoms with Gasteiger partial charge >= 0.3 is 0 Å². The molecular formula is C19H16IN3O3S. The third kappa shape index (κ3) is 4.33. The van der Waals surface area contributed by atoms with Gasteiger partial charge in [-0.25, -0.2) is 0 Å². The molecule has 27 heavy (non-hydrogen) atoms. The zero-order valence-electron chi connectivity index (χ0n) is 14.4. The van der Waals surface area contributed by atoms with Crippen molar-refractivity contribution in [3.63, 3.8) is 0 Å². The fraction of sp³-hybridized carbons (Fsp3) is 0.158. The largest absolute Gasteiger partial charge is 0.332 e. The summed E-state index contributed by atoms with van der Waals surface area (Å²) in [5.74, 6) is -1.12. The van der Waals surface area contributed by atoms with Crippen molar-refractivity contribution in [2.24, 2.45) is 0 Å². The van der Waals surface area contributed by atoms with Crippen LogP contribution in [-0.2, 0) is 4.79 Å². The maximum atomic E-state index is 12.3. The number of halogens is 1. The molecule has 2 aromatic rings. The molecule has 0 atom stereocenters. The van der Waals surface area contributed by atoms with Gasteiger partial charge in [-0.2, -0.15) is 0 Å². The van der Waals surface area contributed by atoms with E-state index in [1.165, 1.54) is 0 Å². The van der Waals surface area contributed by atoms with Gasteiger partial charge in [0.25, 0.3) is 11.8 Å². The van der Waals surface area contributed by atoms with Crippen molar-refractivity contribution in [3.05, 3.63) is 62.7 Å². The van der Waals surface area contributed by atoms with Gasteiger partial charge in [0.15, 0.2) is 5.11 Å². The predicted octanol–water partition coefficient (Wildman–Crippen LogP) is 3.10. The molecule has 0 radical (unpaired) electrons. The molecule has 3 rings (SSSR count). The lowest BCUT2D eigenvalue weighted by Gasteiger charge is -2.15. The van der Waals surface area contributed by atoms with E-state index in [1.54, 1.807) is 24.3 Å². The molecule has 0 aliphatic carbocycles. The summed E-state index contributed by atoms with van der Waals surface area (Å²) in [4.78, 5) is 37.8. The van der Waals surface area contributed by atoms with E-state index < -0.39 is 0 Å². The molecule has 1 aliphatic rings. The second kappa shape index (κ2) is 8.13. The highest BCUT2D eigenvalue weighted by atomic mass is 127. The molecule has 3 amide bonds. The van der Waals surface area contributed by atoms with Crippen LogP contribution in [-0.4, -0.2) is 34.3 Å². The number of hydrogen-bond acceptors (Lipinski definition) is 4. The Labute approximate surface area is 175 Å². The number of thiocarbonyl (C=S) groups is 1. The van der Waals surface area contributed by atoms with Crippen LogP contribution < -0.4 is 10.6 Å². The quantitative estimate of drug-likeness (QED) is 0.389. The number of nitrogens with one attached hydrogen (secondary N) is 2. The van der Waals surface area contributed by atoms with Crippen molar-refractivity contribution in [2.45, 2.75) is 13.3 Å². The first-order chi connectivity index (χ1) is 12.9. The van der Waals surface area contributed by atoms with Crippen molar-refractivity contribution in [2.75, 3.05) is 11.9 Å². The van der Waals surface area contributed by atoms with Gasteiger partial charge in [-0.05, 0) is 77.6 Å². The number of rotatable bonds is 4. The van der Waals surface area contributed by atoms with Crippen LogP contribution in [0.3, 0.4) is 0 Å². The van der Waals surface area contributed by atoms with E-state index in [4.69, 9.17) is 12.2 Å². The first-order valence-corrected chi connectivity index (χ1v) is 9.67. The summed E-state index contributed by atoms with van der Waals surface area (Å²) in [6, 6.07) is 12.4. The molecule has 6 nitrogen and oxygen atoms in total. The number of hydrogen-bond donors (Lipinski definition) is 2. The summed E-state index contributed by atoms with van der Waals surface area (Å²) in [7, 11) is 0. The Balaban J connectivity index is 1.54. The van der Waals surface area contributed by atoms with E-state index >= 15 is 0 Å². The van der Waals surface area contributed by atoms with Crippen LogP contribution in [0.1, 0.15) is 32.7 Å². The average molecular weight is 493 g/mol. The molecule has 0 unspecified atom stereocenters. The minimum atomic E-state index is -0.376. The SMILES string of the molecule is Cc1cc(I)ccc1NC(=S)NC(=O)CCN1C(=O)c2ccccc2C1=O. The van der Waals surface area contributed by atoms with Gasteiger partial charge in [-0.15, -0.1) is 0 Å². The van der Waals surface area contributed by atoms with E-state index in [1.807, 2.05) is 25.1 Å². The van der Waals surface area contributed by atoms with Gasteiger partial charge in [0.2, 0.25) is 5.91 Å². The second-order valence-electron chi connectivity index (χ2n) is 6.02. The second-order valence-corrected chi connectivity index (χ2v) is 7.67. The van der Waals surface area contributed by atoms with Crippen molar-refractivity contribution in [3.8, 4) is 0 Å². The summed E-state index contributed by atoms with van der Waals surface area (Å²) in [5.41, 5.74) is 2.55. The Morgan fingerprint density at radius 3 is 2.33 bits per heavy atom. The van der Waals surface area contributed by atoms with Crippen molar-refractivity contribution < 1.29 is 14.4 Å². The third-order valence-corrected chi connectivity index (χ3v) is 5.01.